The van der Waals surface area contributed by atoms with Crippen molar-refractivity contribution >= 4 is 11.8 Å². The van der Waals surface area contributed by atoms with Crippen LogP contribution in [-0.4, -0.2) is 41.7 Å². The maximum atomic E-state index is 13.4. The monoisotopic (exact) mass is 258 g/mol. The highest BCUT2D eigenvalue weighted by atomic mass is 19.3. The molecule has 0 saturated carbocycles. The van der Waals surface area contributed by atoms with Gasteiger partial charge < -0.3 is 14.7 Å². The number of rotatable bonds is 2. The minimum atomic E-state index is -2.98. The van der Waals surface area contributed by atoms with E-state index in [1.54, 1.807) is 0 Å². The van der Waals surface area contributed by atoms with Gasteiger partial charge in [-0.1, -0.05) is 6.07 Å². The Hall–Kier alpha value is -1.92. The maximum absolute atomic E-state index is 13.4. The number of aromatic hydroxyl groups is 1. The van der Waals surface area contributed by atoms with Gasteiger partial charge in [0.25, 0.3) is 5.92 Å². The van der Waals surface area contributed by atoms with Gasteiger partial charge in [0, 0.05) is 12.5 Å². The van der Waals surface area contributed by atoms with Crippen LogP contribution < -0.4 is 4.90 Å². The molecule has 98 valence electrons. The van der Waals surface area contributed by atoms with E-state index in [4.69, 9.17) is 0 Å². The van der Waals surface area contributed by atoms with Gasteiger partial charge in [0.2, 0.25) is 5.88 Å². The number of halogens is 2. The Bertz CT molecular complexity index is 467. The van der Waals surface area contributed by atoms with Crippen LogP contribution in [0.4, 0.5) is 14.6 Å². The lowest BCUT2D eigenvalue weighted by atomic mass is 10.2. The molecule has 0 bridgehead atoms. The first-order valence-electron chi connectivity index (χ1n) is 5.31. The molecule has 1 saturated heterocycles. The minimum Gasteiger partial charge on any atom is -0.493 e. The quantitative estimate of drug-likeness (QED) is 0.807. The summed E-state index contributed by atoms with van der Waals surface area (Å²) < 4.78 is 31.3. The molecule has 0 unspecified atom stereocenters. The fourth-order valence-electron chi connectivity index (χ4n) is 1.98. The number of carbonyl (C=O) groups excluding carboxylic acids is 1. The Morgan fingerprint density at radius 2 is 2.33 bits per heavy atom. The molecular formula is C11H12F2N2O3. The normalized spacial score (nSPS) is 21.9. The van der Waals surface area contributed by atoms with Gasteiger partial charge in [0.15, 0.2) is 0 Å². The van der Waals surface area contributed by atoms with E-state index < -0.39 is 30.9 Å². The molecule has 1 N–H and O–H groups in total. The summed E-state index contributed by atoms with van der Waals surface area (Å²) in [6, 6.07) is 3.17. The number of nitrogens with zero attached hydrogens (tertiary/aromatic N) is 2. The number of ether oxygens (including phenoxy) is 1. The predicted molar refractivity (Wildman–Crippen MR) is 58.6 cm³/mol. The highest BCUT2D eigenvalue weighted by Crippen LogP contribution is 2.35. The summed E-state index contributed by atoms with van der Waals surface area (Å²) in [6.07, 6.45) is -0.614. The van der Waals surface area contributed by atoms with Crippen molar-refractivity contribution in [3.05, 3.63) is 18.2 Å². The molecule has 2 heterocycles. The number of aromatic nitrogens is 1. The summed E-state index contributed by atoms with van der Waals surface area (Å²) in [5.74, 6) is -3.88. The van der Waals surface area contributed by atoms with Gasteiger partial charge in [0.1, 0.15) is 11.9 Å². The third-order valence-electron chi connectivity index (χ3n) is 2.76. The van der Waals surface area contributed by atoms with E-state index in [0.29, 0.717) is 0 Å². The number of carbonyl (C=O) groups is 1. The first-order chi connectivity index (χ1) is 8.43. The van der Waals surface area contributed by atoms with E-state index in [-0.39, 0.29) is 11.7 Å². The van der Waals surface area contributed by atoms with Crippen LogP contribution in [-0.2, 0) is 9.53 Å². The first kappa shape index (κ1) is 12.5. The molecule has 1 aliphatic heterocycles. The molecule has 2 rings (SSSR count). The number of alkyl halides is 2. The molecule has 1 aromatic heterocycles. The molecule has 7 heteroatoms. The zero-order valence-corrected chi connectivity index (χ0v) is 9.64. The predicted octanol–water partition coefficient (Wildman–Crippen LogP) is 1.17. The van der Waals surface area contributed by atoms with E-state index in [9.17, 15) is 18.7 Å². The fourth-order valence-corrected chi connectivity index (χ4v) is 1.98. The second-order valence-corrected chi connectivity index (χ2v) is 4.08. The number of pyridine rings is 1. The highest BCUT2D eigenvalue weighted by Gasteiger charge is 2.49. The molecule has 0 amide bonds. The second-order valence-electron chi connectivity index (χ2n) is 4.08. The van der Waals surface area contributed by atoms with Gasteiger partial charge in [-0.3, -0.25) is 0 Å². The van der Waals surface area contributed by atoms with Crippen molar-refractivity contribution < 1.29 is 23.4 Å². The van der Waals surface area contributed by atoms with Crippen molar-refractivity contribution in [3.8, 4) is 5.88 Å². The van der Waals surface area contributed by atoms with Gasteiger partial charge in [-0.2, -0.15) is 4.98 Å². The molecule has 1 aliphatic rings. The Morgan fingerprint density at radius 3 is 2.94 bits per heavy atom. The van der Waals surface area contributed by atoms with E-state index in [0.717, 1.165) is 12.0 Å². The van der Waals surface area contributed by atoms with E-state index in [1.807, 2.05) is 0 Å². The molecule has 1 fully saturated rings. The Morgan fingerprint density at radius 1 is 1.61 bits per heavy atom. The van der Waals surface area contributed by atoms with Crippen LogP contribution in [0.5, 0.6) is 5.88 Å². The van der Waals surface area contributed by atoms with Crippen molar-refractivity contribution in [1.29, 1.82) is 0 Å². The summed E-state index contributed by atoms with van der Waals surface area (Å²) in [7, 11) is 1.15. The van der Waals surface area contributed by atoms with Crippen LogP contribution >= 0.6 is 0 Å². The average Bonchev–Trinajstić information content (AvgIpc) is 2.64. The summed E-state index contributed by atoms with van der Waals surface area (Å²) in [5.41, 5.74) is 0. The van der Waals surface area contributed by atoms with Crippen LogP contribution in [0.15, 0.2) is 18.2 Å². The van der Waals surface area contributed by atoms with Crippen LogP contribution in [0.25, 0.3) is 0 Å². The second kappa shape index (κ2) is 4.40. The molecule has 0 radical (unpaired) electrons. The summed E-state index contributed by atoms with van der Waals surface area (Å²) in [6.45, 7) is -0.622. The minimum absolute atomic E-state index is 0.127. The molecule has 1 atom stereocenters. The smallest absolute Gasteiger partial charge is 0.328 e. The lowest BCUT2D eigenvalue weighted by Crippen LogP contribution is -2.37. The molecule has 1 aromatic rings. The lowest BCUT2D eigenvalue weighted by molar-refractivity contribution is -0.142. The van der Waals surface area contributed by atoms with Crippen molar-refractivity contribution in [2.45, 2.75) is 18.4 Å². The fraction of sp³-hybridized carbons (Fsp3) is 0.455. The number of hydrogen-bond donors (Lipinski definition) is 1. The molecular weight excluding hydrogens is 246 g/mol. The van der Waals surface area contributed by atoms with E-state index >= 15 is 0 Å². The summed E-state index contributed by atoms with van der Waals surface area (Å²) >= 11 is 0. The average molecular weight is 258 g/mol. The Kier molecular flexibility index (Phi) is 3.06. The van der Waals surface area contributed by atoms with Crippen LogP contribution in [0.3, 0.4) is 0 Å². The largest absolute Gasteiger partial charge is 0.493 e. The number of hydrogen-bond acceptors (Lipinski definition) is 5. The maximum Gasteiger partial charge on any atom is 0.328 e. The van der Waals surface area contributed by atoms with Gasteiger partial charge in [0.05, 0.1) is 13.7 Å². The topological polar surface area (TPSA) is 62.7 Å². The summed E-state index contributed by atoms with van der Waals surface area (Å²) in [5, 5.41) is 9.24. The lowest BCUT2D eigenvalue weighted by Gasteiger charge is -2.22. The molecule has 0 spiro atoms. The van der Waals surface area contributed by atoms with Crippen molar-refractivity contribution in [2.75, 3.05) is 18.6 Å². The van der Waals surface area contributed by atoms with Gasteiger partial charge >= 0.3 is 5.97 Å². The van der Waals surface area contributed by atoms with Crippen LogP contribution in [0.2, 0.25) is 0 Å². The molecule has 0 aromatic carbocycles. The van der Waals surface area contributed by atoms with Gasteiger partial charge in [-0.25, -0.2) is 13.6 Å². The first-order valence-corrected chi connectivity index (χ1v) is 5.31. The van der Waals surface area contributed by atoms with E-state index in [1.165, 1.54) is 18.2 Å². The van der Waals surface area contributed by atoms with Crippen molar-refractivity contribution in [2.24, 2.45) is 0 Å². The Balaban J connectivity index is 2.32. The SMILES string of the molecule is COC(=O)[C@@H]1CC(F)(F)CN1c1cccc(O)n1. The zero-order valence-electron chi connectivity index (χ0n) is 9.64. The Labute approximate surface area is 102 Å². The third-order valence-corrected chi connectivity index (χ3v) is 2.76. The standard InChI is InChI=1S/C11H12F2N2O3/c1-18-10(17)7-5-11(12,13)6-15(7)8-3-2-4-9(16)14-8/h2-4,7H,5-6H2,1H3,(H,14,16)/t7-/m0/s1. The highest BCUT2D eigenvalue weighted by molar-refractivity contribution is 5.80. The van der Waals surface area contributed by atoms with Crippen LogP contribution in [0.1, 0.15) is 6.42 Å². The van der Waals surface area contributed by atoms with E-state index in [2.05, 4.69) is 9.72 Å². The van der Waals surface area contributed by atoms with Crippen LogP contribution in [0, 0.1) is 0 Å². The zero-order chi connectivity index (χ0) is 13.3. The number of methoxy groups -OCH3 is 1. The van der Waals surface area contributed by atoms with Crippen molar-refractivity contribution in [1.82, 2.24) is 4.98 Å². The number of esters is 1. The van der Waals surface area contributed by atoms with Gasteiger partial charge in [-0.15, -0.1) is 0 Å². The molecule has 5 nitrogen and oxygen atoms in total. The number of anilines is 1. The third kappa shape index (κ3) is 2.34. The van der Waals surface area contributed by atoms with Gasteiger partial charge in [-0.05, 0) is 6.07 Å². The molecule has 0 aliphatic carbocycles. The van der Waals surface area contributed by atoms with Crippen molar-refractivity contribution in [3.63, 3.8) is 0 Å². The molecule has 18 heavy (non-hydrogen) atoms. The summed E-state index contributed by atoms with van der Waals surface area (Å²) in [4.78, 5) is 16.4.